The van der Waals surface area contributed by atoms with Crippen molar-refractivity contribution in [3.05, 3.63) is 56.8 Å². The van der Waals surface area contributed by atoms with Crippen LogP contribution in [-0.4, -0.2) is 20.5 Å². The fraction of sp³-hybridized carbons (Fsp3) is 0.417. The van der Waals surface area contributed by atoms with Crippen LogP contribution in [0.1, 0.15) is 40.2 Å². The van der Waals surface area contributed by atoms with Crippen LogP contribution in [0, 0.1) is 10.4 Å². The summed E-state index contributed by atoms with van der Waals surface area (Å²) in [4.78, 5) is 0. The van der Waals surface area contributed by atoms with Crippen LogP contribution in [0.15, 0.2) is 30.3 Å². The van der Waals surface area contributed by atoms with Crippen molar-refractivity contribution >= 4 is 25.8 Å². The minimum atomic E-state index is -1.82. The molecule has 0 spiro atoms. The number of rotatable bonds is 5. The fourth-order valence-electron chi connectivity index (χ4n) is 3.51. The number of fused-ring (bicyclic) bond motifs is 2. The maximum Gasteiger partial charge on any atom is 3.00 e. The first-order valence-corrected chi connectivity index (χ1v) is 13.4. The van der Waals surface area contributed by atoms with Gasteiger partial charge in [-0.2, -0.15) is 0 Å². The Balaban J connectivity index is 0.00000300. The second kappa shape index (κ2) is 11.4. The molecule has 2 aromatic carbocycles. The number of halogens is 2. The average Bonchev–Trinajstić information content (AvgIpc) is 2.91. The van der Waals surface area contributed by atoms with Crippen LogP contribution in [0.5, 0.6) is 5.75 Å². The van der Waals surface area contributed by atoms with E-state index in [1.165, 1.54) is 10.4 Å². The first kappa shape index (κ1) is 30.3. The van der Waals surface area contributed by atoms with E-state index in [0.717, 1.165) is 33.2 Å². The molecule has 31 heavy (non-hydrogen) atoms. The van der Waals surface area contributed by atoms with Gasteiger partial charge in [-0.3, -0.25) is 0 Å². The van der Waals surface area contributed by atoms with E-state index >= 15 is 0 Å². The van der Waals surface area contributed by atoms with Gasteiger partial charge in [0.05, 0.1) is 12.4 Å². The third kappa shape index (κ3) is 7.12. The molecule has 3 nitrogen and oxygen atoms in total. The maximum atomic E-state index is 6.57. The summed E-state index contributed by atoms with van der Waals surface area (Å²) in [5.74, 6) is 1.78. The minimum Gasteiger partial charge on any atom is -1.00 e. The molecule has 7 heteroatoms. The second-order valence-electron chi connectivity index (χ2n) is 9.30. The largest absolute Gasteiger partial charge is 3.00 e. The van der Waals surface area contributed by atoms with Crippen LogP contribution < -0.4 is 45.0 Å². The smallest absolute Gasteiger partial charge is 1.00 e. The number of hydrogen-bond acceptors (Lipinski definition) is 3. The van der Waals surface area contributed by atoms with Gasteiger partial charge in [0.15, 0.2) is 0 Å². The second-order valence-corrected chi connectivity index (χ2v) is 13.7. The molecule has 0 aliphatic heterocycles. The van der Waals surface area contributed by atoms with E-state index < -0.39 is 8.32 Å². The zero-order valence-corrected chi connectivity index (χ0v) is 24.6. The predicted octanol–water partition coefficient (Wildman–Crippen LogP) is -1.41. The van der Waals surface area contributed by atoms with Crippen molar-refractivity contribution in [3.8, 4) is 5.75 Å². The molecule has 0 saturated carbocycles. The van der Waals surface area contributed by atoms with Crippen molar-refractivity contribution in [2.24, 2.45) is 0 Å². The van der Waals surface area contributed by atoms with E-state index in [-0.39, 0.29) is 56.6 Å². The molecule has 0 unspecified atom stereocenters. The SMILES string of the molecule is CCOC(C)=c1c(O[Si](C)(C)C)cc2c(c1NC(C)(C)C)[C-]=c1ccccc1=2.[Cl-].[Cl-].[Zr+3]. The van der Waals surface area contributed by atoms with Crippen molar-refractivity contribution in [1.82, 2.24) is 0 Å². The van der Waals surface area contributed by atoms with Gasteiger partial charge >= 0.3 is 26.2 Å². The van der Waals surface area contributed by atoms with Crippen LogP contribution in [0.3, 0.4) is 0 Å². The molecular formula is C24H32Cl2NO2SiZr. The number of anilines is 1. The number of benzene rings is 2. The molecule has 2 aromatic rings. The summed E-state index contributed by atoms with van der Waals surface area (Å²) < 4.78 is 12.5. The summed E-state index contributed by atoms with van der Waals surface area (Å²) in [6.07, 6.45) is 3.62. The standard InChI is InChI=1S/C24H32NO2Si.2ClH.Zr/c1-9-26-16(2)22-21(27-28(6,7)8)15-19-18-13-11-10-12-17(18)14-20(19)23(22)25-24(3,4)5;;;/h10-13,15,25H,9H2,1-8H3;2*1H;/q-1;;;+3/p-2. The first-order chi connectivity index (χ1) is 13.0. The Morgan fingerprint density at radius 2 is 1.68 bits per heavy atom. The molecule has 0 heterocycles. The third-order valence-electron chi connectivity index (χ3n) is 4.40. The van der Waals surface area contributed by atoms with Gasteiger partial charge < -0.3 is 39.3 Å². The molecule has 0 amide bonds. The van der Waals surface area contributed by atoms with Crippen LogP contribution in [-0.2, 0) is 30.9 Å². The van der Waals surface area contributed by atoms with Crippen molar-refractivity contribution in [1.29, 1.82) is 0 Å². The van der Waals surface area contributed by atoms with E-state index in [1.807, 2.05) is 13.8 Å². The van der Waals surface area contributed by atoms with Gasteiger partial charge in [-0.15, -0.1) is 27.8 Å². The number of hydrogen-bond donors (Lipinski definition) is 1. The first-order valence-electron chi connectivity index (χ1n) is 10.0. The Labute approximate surface area is 219 Å². The van der Waals surface area contributed by atoms with Gasteiger partial charge in [0, 0.05) is 10.8 Å². The molecule has 1 N–H and O–H groups in total. The van der Waals surface area contributed by atoms with Gasteiger partial charge in [-0.25, -0.2) is 0 Å². The van der Waals surface area contributed by atoms with Crippen molar-refractivity contribution in [2.45, 2.75) is 59.8 Å². The van der Waals surface area contributed by atoms with Crippen LogP contribution in [0.25, 0.3) is 11.8 Å². The Morgan fingerprint density at radius 1 is 1.06 bits per heavy atom. The van der Waals surface area contributed by atoms with Gasteiger partial charge in [0.1, 0.15) is 5.75 Å². The normalized spacial score (nSPS) is 12.6. The fourth-order valence-corrected chi connectivity index (χ4v) is 4.33. The minimum absolute atomic E-state index is 0. The summed E-state index contributed by atoms with van der Waals surface area (Å²) in [6, 6.07) is 10.6. The van der Waals surface area contributed by atoms with Gasteiger partial charge in [0.2, 0.25) is 8.32 Å². The van der Waals surface area contributed by atoms with Crippen molar-refractivity contribution < 1.29 is 60.2 Å². The summed E-state index contributed by atoms with van der Waals surface area (Å²) in [7, 11) is -1.82. The number of nitrogens with one attached hydrogen (secondary N) is 1. The van der Waals surface area contributed by atoms with Gasteiger partial charge in [0.25, 0.3) is 0 Å². The molecule has 3 rings (SSSR count). The molecular weight excluding hydrogens is 524 g/mol. The Morgan fingerprint density at radius 3 is 2.23 bits per heavy atom. The van der Waals surface area contributed by atoms with E-state index in [9.17, 15) is 0 Å². The predicted molar refractivity (Wildman–Crippen MR) is 120 cm³/mol. The van der Waals surface area contributed by atoms with E-state index in [2.05, 4.69) is 82.1 Å². The monoisotopic (exact) mass is 554 g/mol. The maximum absolute atomic E-state index is 6.57. The van der Waals surface area contributed by atoms with Gasteiger partial charge in [-0.1, -0.05) is 29.8 Å². The zero-order valence-electron chi connectivity index (χ0n) is 19.7. The van der Waals surface area contributed by atoms with Crippen molar-refractivity contribution in [2.75, 3.05) is 11.9 Å². The molecule has 0 fully saturated rings. The molecule has 0 aromatic heterocycles. The van der Waals surface area contributed by atoms with Crippen LogP contribution in [0.4, 0.5) is 5.69 Å². The van der Waals surface area contributed by atoms with E-state index in [4.69, 9.17) is 9.16 Å². The quantitative estimate of drug-likeness (QED) is 0.310. The van der Waals surface area contributed by atoms with Crippen LogP contribution >= 0.6 is 0 Å². The molecule has 0 saturated heterocycles. The third-order valence-corrected chi connectivity index (χ3v) is 5.23. The summed E-state index contributed by atoms with van der Waals surface area (Å²) in [6.45, 7) is 17.8. The van der Waals surface area contributed by atoms with Crippen molar-refractivity contribution in [3.63, 3.8) is 0 Å². The van der Waals surface area contributed by atoms with Crippen LogP contribution in [0.2, 0.25) is 19.6 Å². The summed E-state index contributed by atoms with van der Waals surface area (Å²) in [5, 5.41) is 8.23. The van der Waals surface area contributed by atoms with Gasteiger partial charge in [-0.05, 0) is 59.9 Å². The van der Waals surface area contributed by atoms with E-state index in [0.29, 0.717) is 6.61 Å². The van der Waals surface area contributed by atoms with E-state index in [1.54, 1.807) is 0 Å². The average molecular weight is 557 g/mol. The molecule has 1 aliphatic rings. The molecule has 167 valence electrons. The number of ether oxygens (including phenoxy) is 1. The molecule has 0 atom stereocenters. The Hall–Kier alpha value is -0.740. The topological polar surface area (TPSA) is 30.5 Å². The molecule has 1 radical (unpaired) electrons. The molecule has 1 aliphatic carbocycles. The summed E-state index contributed by atoms with van der Waals surface area (Å²) >= 11 is 0. The summed E-state index contributed by atoms with van der Waals surface area (Å²) in [5.41, 5.74) is 2.02. The Kier molecular flexibility index (Phi) is 11.1. The Bertz CT molecular complexity index is 1120. The molecule has 0 bridgehead atoms. The zero-order chi connectivity index (χ0) is 20.7.